The maximum absolute atomic E-state index is 14.2. The van der Waals surface area contributed by atoms with Gasteiger partial charge in [0, 0.05) is 48.2 Å². The molecule has 140 valence electrons. The van der Waals surface area contributed by atoms with Gasteiger partial charge in [-0.25, -0.2) is 13.2 Å². The molecular weight excluding hydrogens is 355 g/mol. The zero-order chi connectivity index (χ0) is 18.8. The van der Waals surface area contributed by atoms with Gasteiger partial charge in [-0.3, -0.25) is 9.97 Å². The quantitative estimate of drug-likeness (QED) is 0.695. The van der Waals surface area contributed by atoms with Crippen LogP contribution in [0.4, 0.5) is 13.2 Å². The maximum Gasteiger partial charge on any atom is 0.280 e. The molecule has 27 heavy (non-hydrogen) atoms. The lowest BCUT2D eigenvalue weighted by atomic mass is 9.89. The number of rotatable bonds is 6. The fourth-order valence-electron chi connectivity index (χ4n) is 3.27. The van der Waals surface area contributed by atoms with Crippen LogP contribution in [0.2, 0.25) is 0 Å². The summed E-state index contributed by atoms with van der Waals surface area (Å²) in [5, 5.41) is 5.09. The van der Waals surface area contributed by atoms with Crippen LogP contribution in [0, 0.1) is 5.82 Å². The van der Waals surface area contributed by atoms with Crippen LogP contribution < -0.4 is 10.1 Å². The predicted molar refractivity (Wildman–Crippen MR) is 95.2 cm³/mol. The van der Waals surface area contributed by atoms with Gasteiger partial charge in [0.1, 0.15) is 23.4 Å². The van der Waals surface area contributed by atoms with Crippen molar-refractivity contribution >= 4 is 10.8 Å². The SMILES string of the molecule is Fc1ccc2cnccc2c1CN[C@H]1C[C@H](Oc2ccnc(C(F)F)c2)C1. The molecule has 0 amide bonds. The molecule has 1 saturated carbocycles. The Morgan fingerprint density at radius 1 is 1.15 bits per heavy atom. The van der Waals surface area contributed by atoms with Crippen LogP contribution in [0.25, 0.3) is 10.8 Å². The molecule has 0 saturated heterocycles. The van der Waals surface area contributed by atoms with E-state index in [-0.39, 0.29) is 23.7 Å². The van der Waals surface area contributed by atoms with E-state index < -0.39 is 6.43 Å². The third-order valence-corrected chi connectivity index (χ3v) is 4.82. The molecular formula is C20H18F3N3O. The number of hydrogen-bond donors (Lipinski definition) is 1. The number of ether oxygens (including phenoxy) is 1. The molecule has 3 aromatic rings. The van der Waals surface area contributed by atoms with Gasteiger partial charge in [0.05, 0.1) is 0 Å². The first-order valence-electron chi connectivity index (χ1n) is 8.75. The smallest absolute Gasteiger partial charge is 0.280 e. The lowest BCUT2D eigenvalue weighted by molar-refractivity contribution is 0.0831. The number of pyridine rings is 2. The zero-order valence-electron chi connectivity index (χ0n) is 14.4. The molecule has 0 bridgehead atoms. The Labute approximate surface area is 154 Å². The monoisotopic (exact) mass is 373 g/mol. The summed E-state index contributed by atoms with van der Waals surface area (Å²) in [6, 6.07) is 8.03. The Balaban J connectivity index is 1.33. The van der Waals surface area contributed by atoms with Crippen molar-refractivity contribution in [2.45, 2.75) is 38.0 Å². The highest BCUT2D eigenvalue weighted by atomic mass is 19.3. The molecule has 4 rings (SSSR count). The van der Waals surface area contributed by atoms with E-state index in [2.05, 4.69) is 15.3 Å². The van der Waals surface area contributed by atoms with Gasteiger partial charge in [-0.2, -0.15) is 0 Å². The van der Waals surface area contributed by atoms with Crippen molar-refractivity contribution < 1.29 is 17.9 Å². The molecule has 1 fully saturated rings. The van der Waals surface area contributed by atoms with Gasteiger partial charge >= 0.3 is 0 Å². The first kappa shape index (κ1) is 17.7. The number of benzene rings is 1. The zero-order valence-corrected chi connectivity index (χ0v) is 14.4. The largest absolute Gasteiger partial charge is 0.490 e. The second-order valence-electron chi connectivity index (χ2n) is 6.63. The number of halogens is 3. The number of nitrogens with zero attached hydrogens (tertiary/aromatic N) is 2. The van der Waals surface area contributed by atoms with Crippen LogP contribution in [-0.4, -0.2) is 22.1 Å². The highest BCUT2D eigenvalue weighted by Gasteiger charge is 2.31. The predicted octanol–water partition coefficient (Wildman–Crippen LogP) is 4.41. The molecule has 1 N–H and O–H groups in total. The Bertz CT molecular complexity index is 945. The van der Waals surface area contributed by atoms with Gasteiger partial charge in [0.2, 0.25) is 0 Å². The Morgan fingerprint density at radius 2 is 2.00 bits per heavy atom. The number of hydrogen-bond acceptors (Lipinski definition) is 4. The van der Waals surface area contributed by atoms with E-state index in [1.54, 1.807) is 24.5 Å². The summed E-state index contributed by atoms with van der Waals surface area (Å²) >= 11 is 0. The Hall–Kier alpha value is -2.67. The number of nitrogens with one attached hydrogen (secondary N) is 1. The van der Waals surface area contributed by atoms with Gasteiger partial charge in [-0.05, 0) is 42.5 Å². The van der Waals surface area contributed by atoms with E-state index in [1.165, 1.54) is 18.3 Å². The van der Waals surface area contributed by atoms with Crippen LogP contribution in [0.3, 0.4) is 0 Å². The number of aromatic nitrogens is 2. The van der Waals surface area contributed by atoms with Gasteiger partial charge in [0.15, 0.2) is 0 Å². The van der Waals surface area contributed by atoms with Crippen LogP contribution in [0.15, 0.2) is 48.9 Å². The molecule has 0 radical (unpaired) electrons. The average molecular weight is 373 g/mol. The van der Waals surface area contributed by atoms with Crippen molar-refractivity contribution in [2.75, 3.05) is 0 Å². The van der Waals surface area contributed by atoms with Crippen molar-refractivity contribution in [3.8, 4) is 5.75 Å². The lowest BCUT2D eigenvalue weighted by Gasteiger charge is -2.36. The molecule has 2 aromatic heterocycles. The molecule has 0 unspecified atom stereocenters. The summed E-state index contributed by atoms with van der Waals surface area (Å²) in [6.45, 7) is 0.412. The molecule has 1 aromatic carbocycles. The maximum atomic E-state index is 14.2. The topological polar surface area (TPSA) is 47.0 Å². The van der Waals surface area contributed by atoms with E-state index in [9.17, 15) is 13.2 Å². The van der Waals surface area contributed by atoms with E-state index in [0.717, 1.165) is 23.6 Å². The van der Waals surface area contributed by atoms with Crippen LogP contribution in [0.1, 0.15) is 30.5 Å². The van der Waals surface area contributed by atoms with Crippen molar-refractivity contribution in [3.05, 3.63) is 66.0 Å². The van der Waals surface area contributed by atoms with Gasteiger partial charge in [0.25, 0.3) is 6.43 Å². The standard InChI is InChI=1S/C20H18F3N3O/c21-18-2-1-12-10-24-5-4-16(12)17(18)11-26-13-7-15(8-13)27-14-3-6-25-19(9-14)20(22)23/h1-6,9-10,13,15,20,26H,7-8,11H2/t13-,15-. The Morgan fingerprint density at radius 3 is 2.81 bits per heavy atom. The van der Waals surface area contributed by atoms with Crippen LogP contribution >= 0.6 is 0 Å². The minimum Gasteiger partial charge on any atom is -0.490 e. The molecule has 0 atom stereocenters. The number of alkyl halides is 2. The minimum absolute atomic E-state index is 0.0445. The van der Waals surface area contributed by atoms with Crippen molar-refractivity contribution in [1.29, 1.82) is 0 Å². The first-order chi connectivity index (χ1) is 13.1. The van der Waals surface area contributed by atoms with Crippen molar-refractivity contribution in [1.82, 2.24) is 15.3 Å². The molecule has 2 heterocycles. The van der Waals surface area contributed by atoms with Gasteiger partial charge in [-0.15, -0.1) is 0 Å². The molecule has 4 nitrogen and oxygen atoms in total. The van der Waals surface area contributed by atoms with Gasteiger partial charge < -0.3 is 10.1 Å². The molecule has 0 aliphatic heterocycles. The Kier molecular flexibility index (Phi) is 4.94. The second kappa shape index (κ2) is 7.52. The minimum atomic E-state index is -2.62. The fraction of sp³-hybridized carbons (Fsp3) is 0.300. The molecule has 0 spiro atoms. The van der Waals surface area contributed by atoms with Crippen molar-refractivity contribution in [2.24, 2.45) is 0 Å². The van der Waals surface area contributed by atoms with Crippen molar-refractivity contribution in [3.63, 3.8) is 0 Å². The van der Waals surface area contributed by atoms with E-state index in [1.807, 2.05) is 6.07 Å². The number of fused-ring (bicyclic) bond motifs is 1. The summed E-state index contributed by atoms with van der Waals surface area (Å²) in [7, 11) is 0. The van der Waals surface area contributed by atoms with Crippen LogP contribution in [0.5, 0.6) is 5.75 Å². The summed E-state index contributed by atoms with van der Waals surface area (Å²) in [4.78, 5) is 7.68. The first-order valence-corrected chi connectivity index (χ1v) is 8.75. The second-order valence-corrected chi connectivity index (χ2v) is 6.63. The average Bonchev–Trinajstić information content (AvgIpc) is 2.65. The van der Waals surface area contributed by atoms with E-state index >= 15 is 0 Å². The molecule has 7 heteroatoms. The fourth-order valence-corrected chi connectivity index (χ4v) is 3.27. The molecule has 1 aliphatic carbocycles. The third kappa shape index (κ3) is 3.88. The summed E-state index contributed by atoms with van der Waals surface area (Å²) in [5.74, 6) is 0.154. The highest BCUT2D eigenvalue weighted by molar-refractivity contribution is 5.84. The van der Waals surface area contributed by atoms with Gasteiger partial charge in [-0.1, -0.05) is 0 Å². The van der Waals surface area contributed by atoms with E-state index in [0.29, 0.717) is 17.9 Å². The highest BCUT2D eigenvalue weighted by Crippen LogP contribution is 2.29. The van der Waals surface area contributed by atoms with Crippen LogP contribution in [-0.2, 0) is 6.54 Å². The summed E-state index contributed by atoms with van der Waals surface area (Å²) in [6.07, 6.45) is 3.51. The summed E-state index contributed by atoms with van der Waals surface area (Å²) in [5.41, 5.74) is 0.331. The van der Waals surface area contributed by atoms with E-state index in [4.69, 9.17) is 4.74 Å². The summed E-state index contributed by atoms with van der Waals surface area (Å²) < 4.78 is 45.3. The lowest BCUT2D eigenvalue weighted by Crippen LogP contribution is -2.46. The normalized spacial score (nSPS) is 19.3. The molecule has 1 aliphatic rings. The third-order valence-electron chi connectivity index (χ3n) is 4.82.